The van der Waals surface area contributed by atoms with Crippen LogP contribution in [0.2, 0.25) is 0 Å². The maximum Gasteiger partial charge on any atom is 0.267 e. The first-order chi connectivity index (χ1) is 11.8. The van der Waals surface area contributed by atoms with Gasteiger partial charge in [-0.05, 0) is 36.6 Å². The molecule has 6 nitrogen and oxygen atoms in total. The van der Waals surface area contributed by atoms with Gasteiger partial charge in [0.1, 0.15) is 0 Å². The summed E-state index contributed by atoms with van der Waals surface area (Å²) in [5.74, 6) is -0.527. The number of hydrogen-bond acceptors (Lipinski definition) is 4. The van der Waals surface area contributed by atoms with E-state index in [2.05, 4.69) is 26.6 Å². The Labute approximate surface area is 141 Å². The third-order valence-electron chi connectivity index (χ3n) is 4.43. The van der Waals surface area contributed by atoms with Crippen LogP contribution in [0.25, 0.3) is 6.08 Å². The molecule has 3 rings (SSSR count). The second-order valence-corrected chi connectivity index (χ2v) is 5.97. The number of imidazole rings is 1. The fourth-order valence-corrected chi connectivity index (χ4v) is 3.17. The average Bonchev–Trinajstić information content (AvgIpc) is 3.29. The molecule has 1 saturated heterocycles. The Morgan fingerprint density at radius 2 is 2.17 bits per heavy atom. The summed E-state index contributed by atoms with van der Waals surface area (Å²) >= 11 is 0. The molecule has 6 heteroatoms. The van der Waals surface area contributed by atoms with E-state index in [1.165, 1.54) is 24.5 Å². The zero-order valence-electron chi connectivity index (χ0n) is 13.5. The van der Waals surface area contributed by atoms with Gasteiger partial charge in [-0.2, -0.15) is 0 Å². The van der Waals surface area contributed by atoms with Crippen molar-refractivity contribution in [1.82, 2.24) is 19.9 Å². The highest BCUT2D eigenvalue weighted by atomic mass is 16.5. The number of amides is 1. The molecular formula is C18H22N4O2. The van der Waals surface area contributed by atoms with E-state index in [-0.39, 0.29) is 0 Å². The second kappa shape index (κ2) is 7.90. The van der Waals surface area contributed by atoms with Crippen LogP contribution >= 0.6 is 0 Å². The molecule has 1 amide bonds. The van der Waals surface area contributed by atoms with Gasteiger partial charge < -0.3 is 4.57 Å². The van der Waals surface area contributed by atoms with Gasteiger partial charge in [0.15, 0.2) is 0 Å². The number of hydrogen-bond donors (Lipinski definition) is 2. The first-order valence-electron chi connectivity index (χ1n) is 8.18. The van der Waals surface area contributed by atoms with Crippen LogP contribution in [0.4, 0.5) is 0 Å². The lowest BCUT2D eigenvalue weighted by Gasteiger charge is -2.25. The van der Waals surface area contributed by atoms with Crippen molar-refractivity contribution in [3.05, 3.63) is 60.2 Å². The molecule has 126 valence electrons. The minimum atomic E-state index is -0.527. The summed E-state index contributed by atoms with van der Waals surface area (Å²) in [5, 5.41) is 8.49. The fourth-order valence-electron chi connectivity index (χ4n) is 3.17. The molecule has 0 aliphatic carbocycles. The van der Waals surface area contributed by atoms with Crippen molar-refractivity contribution < 1.29 is 10.0 Å². The zero-order chi connectivity index (χ0) is 16.8. The van der Waals surface area contributed by atoms with Crippen LogP contribution < -0.4 is 5.48 Å². The van der Waals surface area contributed by atoms with Crippen LogP contribution in [-0.4, -0.2) is 38.7 Å². The van der Waals surface area contributed by atoms with E-state index < -0.39 is 5.91 Å². The number of likely N-dealkylation sites (tertiary alicyclic amines) is 1. The molecule has 1 aromatic heterocycles. The molecule has 1 fully saturated rings. The van der Waals surface area contributed by atoms with Crippen LogP contribution in [0.3, 0.4) is 0 Å². The van der Waals surface area contributed by atoms with E-state index in [9.17, 15) is 4.79 Å². The predicted molar refractivity (Wildman–Crippen MR) is 91.2 cm³/mol. The average molecular weight is 326 g/mol. The van der Waals surface area contributed by atoms with Crippen molar-refractivity contribution in [2.45, 2.75) is 25.4 Å². The SMILES string of the molecule is O=C(C=Cc1ccc(C2CCCN2CCn2ccnc2)cc1)NO. The van der Waals surface area contributed by atoms with E-state index in [4.69, 9.17) is 5.21 Å². The van der Waals surface area contributed by atoms with Crippen LogP contribution in [0.5, 0.6) is 0 Å². The highest BCUT2D eigenvalue weighted by Gasteiger charge is 2.25. The molecule has 0 saturated carbocycles. The Morgan fingerprint density at radius 3 is 2.88 bits per heavy atom. The Kier molecular flexibility index (Phi) is 5.40. The van der Waals surface area contributed by atoms with E-state index in [1.807, 2.05) is 30.9 Å². The Morgan fingerprint density at radius 1 is 1.33 bits per heavy atom. The summed E-state index contributed by atoms with van der Waals surface area (Å²) in [5.41, 5.74) is 3.83. The van der Waals surface area contributed by atoms with Gasteiger partial charge in [-0.25, -0.2) is 10.5 Å². The smallest absolute Gasteiger partial charge is 0.267 e. The summed E-state index contributed by atoms with van der Waals surface area (Å²) in [4.78, 5) is 17.6. The Hall–Kier alpha value is -2.44. The summed E-state index contributed by atoms with van der Waals surface area (Å²) in [6.45, 7) is 3.09. The van der Waals surface area contributed by atoms with Crippen LogP contribution in [0.1, 0.15) is 30.0 Å². The largest absolute Gasteiger partial charge is 0.336 e. The third kappa shape index (κ3) is 4.10. The number of carbonyl (C=O) groups excluding carboxylic acids is 1. The number of carbonyl (C=O) groups is 1. The first kappa shape index (κ1) is 16.4. The molecule has 0 spiro atoms. The lowest BCUT2D eigenvalue weighted by atomic mass is 10.0. The zero-order valence-corrected chi connectivity index (χ0v) is 13.5. The molecule has 2 heterocycles. The minimum Gasteiger partial charge on any atom is -0.336 e. The highest BCUT2D eigenvalue weighted by Crippen LogP contribution is 2.31. The number of rotatable bonds is 6. The lowest BCUT2D eigenvalue weighted by Crippen LogP contribution is -2.27. The van der Waals surface area contributed by atoms with Gasteiger partial charge in [-0.1, -0.05) is 24.3 Å². The second-order valence-electron chi connectivity index (χ2n) is 5.97. The minimum absolute atomic E-state index is 0.451. The number of nitrogens with zero attached hydrogens (tertiary/aromatic N) is 3. The van der Waals surface area contributed by atoms with Crippen LogP contribution in [-0.2, 0) is 11.3 Å². The van der Waals surface area contributed by atoms with Gasteiger partial charge in [0.05, 0.1) is 6.33 Å². The standard InChI is InChI=1S/C18H22N4O2/c23-18(20-24)8-5-15-3-6-16(7-4-15)17-2-1-10-22(17)13-12-21-11-9-19-14-21/h3-9,11,14,17,24H,1-2,10,12-13H2,(H,20,23). The normalized spacial score (nSPS) is 18.3. The molecule has 2 aromatic rings. The van der Waals surface area contributed by atoms with Gasteiger partial charge in [0.25, 0.3) is 5.91 Å². The van der Waals surface area contributed by atoms with Crippen molar-refractivity contribution in [3.8, 4) is 0 Å². The molecule has 0 bridgehead atoms. The van der Waals surface area contributed by atoms with E-state index in [0.717, 1.165) is 25.2 Å². The van der Waals surface area contributed by atoms with E-state index in [1.54, 1.807) is 11.6 Å². The monoisotopic (exact) mass is 326 g/mol. The summed E-state index contributed by atoms with van der Waals surface area (Å²) in [6, 6.07) is 8.70. The molecule has 2 N–H and O–H groups in total. The molecule has 1 unspecified atom stereocenters. The summed E-state index contributed by atoms with van der Waals surface area (Å²) < 4.78 is 2.11. The Balaban J connectivity index is 1.62. The highest BCUT2D eigenvalue weighted by molar-refractivity contribution is 5.90. The molecular weight excluding hydrogens is 304 g/mol. The van der Waals surface area contributed by atoms with Gasteiger partial charge in [-0.3, -0.25) is 14.9 Å². The maximum atomic E-state index is 11.0. The molecule has 1 aliphatic rings. The van der Waals surface area contributed by atoms with Gasteiger partial charge in [-0.15, -0.1) is 0 Å². The number of hydroxylamine groups is 1. The Bertz CT molecular complexity index is 680. The quantitative estimate of drug-likeness (QED) is 0.485. The van der Waals surface area contributed by atoms with Crippen molar-refractivity contribution in [3.63, 3.8) is 0 Å². The number of benzene rings is 1. The number of aromatic nitrogens is 2. The van der Waals surface area contributed by atoms with Crippen LogP contribution in [0.15, 0.2) is 49.1 Å². The maximum absolute atomic E-state index is 11.0. The number of nitrogens with one attached hydrogen (secondary N) is 1. The van der Waals surface area contributed by atoms with Crippen LogP contribution in [0, 0.1) is 0 Å². The summed E-state index contributed by atoms with van der Waals surface area (Å²) in [7, 11) is 0. The predicted octanol–water partition coefficient (Wildman–Crippen LogP) is 2.24. The first-order valence-corrected chi connectivity index (χ1v) is 8.18. The molecule has 1 aromatic carbocycles. The molecule has 1 aliphatic heterocycles. The topological polar surface area (TPSA) is 70.4 Å². The van der Waals surface area contributed by atoms with Crippen molar-refractivity contribution in [1.29, 1.82) is 0 Å². The van der Waals surface area contributed by atoms with Crippen molar-refractivity contribution in [2.24, 2.45) is 0 Å². The van der Waals surface area contributed by atoms with E-state index in [0.29, 0.717) is 6.04 Å². The van der Waals surface area contributed by atoms with Gasteiger partial charge in [0.2, 0.25) is 0 Å². The van der Waals surface area contributed by atoms with Gasteiger partial charge >= 0.3 is 0 Å². The fraction of sp³-hybridized carbons (Fsp3) is 0.333. The molecule has 0 radical (unpaired) electrons. The van der Waals surface area contributed by atoms with Crippen molar-refractivity contribution >= 4 is 12.0 Å². The third-order valence-corrected chi connectivity index (χ3v) is 4.43. The van der Waals surface area contributed by atoms with E-state index >= 15 is 0 Å². The van der Waals surface area contributed by atoms with Crippen molar-refractivity contribution in [2.75, 3.05) is 13.1 Å². The molecule has 1 atom stereocenters. The molecule has 24 heavy (non-hydrogen) atoms. The summed E-state index contributed by atoms with van der Waals surface area (Å²) in [6.07, 6.45) is 11.0. The lowest BCUT2D eigenvalue weighted by molar-refractivity contribution is -0.124. The van der Waals surface area contributed by atoms with Gasteiger partial charge in [0, 0.05) is 37.6 Å².